The molecule has 0 spiro atoms. The molecule has 0 aliphatic heterocycles. The summed E-state index contributed by atoms with van der Waals surface area (Å²) in [4.78, 5) is 18.0. The number of benzene rings is 1. The minimum atomic E-state index is -0.0592. The van der Waals surface area contributed by atoms with Crippen molar-refractivity contribution in [1.29, 1.82) is 0 Å². The molecule has 0 saturated heterocycles. The van der Waals surface area contributed by atoms with Crippen molar-refractivity contribution in [2.24, 2.45) is 7.05 Å². The van der Waals surface area contributed by atoms with Gasteiger partial charge >= 0.3 is 0 Å². The van der Waals surface area contributed by atoms with Crippen LogP contribution in [0.4, 0.5) is 0 Å². The Bertz CT molecular complexity index is 577. The molecule has 6 heteroatoms. The van der Waals surface area contributed by atoms with Gasteiger partial charge in [0.1, 0.15) is 17.9 Å². The maximum absolute atomic E-state index is 12.3. The molecule has 20 heavy (non-hydrogen) atoms. The highest BCUT2D eigenvalue weighted by atomic mass is 16.5. The number of aryl methyl sites for hydroxylation is 1. The first-order chi connectivity index (χ1) is 9.61. The molecular weight excluding hydrogens is 256 g/mol. The van der Waals surface area contributed by atoms with Crippen molar-refractivity contribution in [2.45, 2.75) is 13.5 Å². The third-order valence-corrected chi connectivity index (χ3v) is 2.94. The van der Waals surface area contributed by atoms with Crippen LogP contribution in [0, 0.1) is 0 Å². The first-order valence-corrected chi connectivity index (χ1v) is 6.43. The largest absolute Gasteiger partial charge is 0.494 e. The summed E-state index contributed by atoms with van der Waals surface area (Å²) in [7, 11) is 3.55. The van der Waals surface area contributed by atoms with Crippen LogP contribution in [0.2, 0.25) is 0 Å². The minimum Gasteiger partial charge on any atom is -0.494 e. The van der Waals surface area contributed by atoms with Crippen LogP contribution in [-0.4, -0.2) is 39.2 Å². The summed E-state index contributed by atoms with van der Waals surface area (Å²) in [5, 5.41) is 3.98. The zero-order valence-electron chi connectivity index (χ0n) is 11.9. The smallest absolute Gasteiger partial charge is 0.254 e. The van der Waals surface area contributed by atoms with Gasteiger partial charge < -0.3 is 9.64 Å². The fourth-order valence-electron chi connectivity index (χ4n) is 1.83. The topological polar surface area (TPSA) is 60.2 Å². The van der Waals surface area contributed by atoms with Gasteiger partial charge in [-0.15, -0.1) is 0 Å². The Morgan fingerprint density at radius 3 is 2.60 bits per heavy atom. The summed E-state index contributed by atoms with van der Waals surface area (Å²) < 4.78 is 7.01. The molecule has 106 valence electrons. The molecule has 1 amide bonds. The van der Waals surface area contributed by atoms with Crippen molar-refractivity contribution < 1.29 is 9.53 Å². The lowest BCUT2D eigenvalue weighted by Gasteiger charge is -2.16. The van der Waals surface area contributed by atoms with E-state index in [1.165, 1.54) is 6.33 Å². The number of hydrogen-bond donors (Lipinski definition) is 0. The second kappa shape index (κ2) is 6.18. The number of rotatable bonds is 5. The number of carbonyl (C=O) groups is 1. The maximum atomic E-state index is 12.3. The van der Waals surface area contributed by atoms with E-state index in [9.17, 15) is 4.79 Å². The zero-order chi connectivity index (χ0) is 14.5. The molecule has 6 nitrogen and oxygen atoms in total. The Balaban J connectivity index is 2.04. The van der Waals surface area contributed by atoms with Gasteiger partial charge in [0.25, 0.3) is 5.91 Å². The van der Waals surface area contributed by atoms with E-state index in [2.05, 4.69) is 10.1 Å². The number of amides is 1. The Morgan fingerprint density at radius 1 is 1.35 bits per heavy atom. The molecule has 0 saturated carbocycles. The van der Waals surface area contributed by atoms with Crippen LogP contribution < -0.4 is 4.74 Å². The van der Waals surface area contributed by atoms with Gasteiger partial charge in [-0.05, 0) is 31.2 Å². The number of hydrogen-bond acceptors (Lipinski definition) is 4. The number of nitrogens with zero attached hydrogens (tertiary/aromatic N) is 4. The van der Waals surface area contributed by atoms with Gasteiger partial charge in [-0.2, -0.15) is 5.10 Å². The van der Waals surface area contributed by atoms with E-state index in [1.54, 1.807) is 47.9 Å². The fourth-order valence-corrected chi connectivity index (χ4v) is 1.83. The summed E-state index contributed by atoms with van der Waals surface area (Å²) in [6.45, 7) is 2.95. The fraction of sp³-hybridized carbons (Fsp3) is 0.357. The summed E-state index contributed by atoms with van der Waals surface area (Å²) in [5.41, 5.74) is 0.623. The van der Waals surface area contributed by atoms with Gasteiger partial charge in [-0.1, -0.05) is 0 Å². The first-order valence-electron chi connectivity index (χ1n) is 6.43. The van der Waals surface area contributed by atoms with E-state index < -0.39 is 0 Å². The molecule has 2 aromatic rings. The average Bonchev–Trinajstić information content (AvgIpc) is 2.85. The van der Waals surface area contributed by atoms with E-state index in [0.29, 0.717) is 18.7 Å². The molecular formula is C14H18N4O2. The highest BCUT2D eigenvalue weighted by Gasteiger charge is 2.14. The highest BCUT2D eigenvalue weighted by molar-refractivity contribution is 5.94. The molecule has 0 aliphatic rings. The van der Waals surface area contributed by atoms with Crippen molar-refractivity contribution in [3.63, 3.8) is 0 Å². The van der Waals surface area contributed by atoms with Crippen molar-refractivity contribution in [3.05, 3.63) is 42.0 Å². The summed E-state index contributed by atoms with van der Waals surface area (Å²) >= 11 is 0. The SMILES string of the molecule is CCOc1ccc(C(=O)N(C)Cc2ncnn2C)cc1. The number of aromatic nitrogens is 3. The molecule has 0 N–H and O–H groups in total. The summed E-state index contributed by atoms with van der Waals surface area (Å²) in [6.07, 6.45) is 1.48. The highest BCUT2D eigenvalue weighted by Crippen LogP contribution is 2.14. The number of ether oxygens (including phenoxy) is 1. The van der Waals surface area contributed by atoms with E-state index in [4.69, 9.17) is 4.74 Å². The van der Waals surface area contributed by atoms with Gasteiger partial charge in [-0.25, -0.2) is 4.98 Å². The lowest BCUT2D eigenvalue weighted by molar-refractivity contribution is 0.0780. The van der Waals surface area contributed by atoms with Crippen LogP contribution >= 0.6 is 0 Å². The van der Waals surface area contributed by atoms with E-state index in [1.807, 2.05) is 6.92 Å². The van der Waals surface area contributed by atoms with Crippen LogP contribution in [-0.2, 0) is 13.6 Å². The molecule has 0 fully saturated rings. The standard InChI is InChI=1S/C14H18N4O2/c1-4-20-12-7-5-11(6-8-12)14(19)17(2)9-13-15-10-16-18(13)3/h5-8,10H,4,9H2,1-3H3. The molecule has 2 rings (SSSR count). The van der Waals surface area contributed by atoms with Gasteiger partial charge in [0.2, 0.25) is 0 Å². The molecule has 0 atom stereocenters. The summed E-state index contributed by atoms with van der Waals surface area (Å²) in [6, 6.07) is 7.13. The third kappa shape index (κ3) is 3.14. The van der Waals surface area contributed by atoms with Gasteiger partial charge in [-0.3, -0.25) is 9.48 Å². The molecule has 0 unspecified atom stereocenters. The predicted molar refractivity (Wildman–Crippen MR) is 74.4 cm³/mol. The Labute approximate surface area is 118 Å². The molecule has 1 heterocycles. The van der Waals surface area contributed by atoms with E-state index in [0.717, 1.165) is 11.6 Å². The molecule has 1 aromatic carbocycles. The Kier molecular flexibility index (Phi) is 4.34. The maximum Gasteiger partial charge on any atom is 0.254 e. The van der Waals surface area contributed by atoms with Crippen LogP contribution in [0.5, 0.6) is 5.75 Å². The molecule has 1 aromatic heterocycles. The quantitative estimate of drug-likeness (QED) is 0.828. The Hall–Kier alpha value is -2.37. The van der Waals surface area contributed by atoms with Crippen molar-refractivity contribution in [2.75, 3.05) is 13.7 Å². The Morgan fingerprint density at radius 2 is 2.05 bits per heavy atom. The van der Waals surface area contributed by atoms with Crippen molar-refractivity contribution in [3.8, 4) is 5.75 Å². The monoisotopic (exact) mass is 274 g/mol. The molecule has 0 bridgehead atoms. The normalized spacial score (nSPS) is 10.3. The second-order valence-electron chi connectivity index (χ2n) is 4.42. The van der Waals surface area contributed by atoms with Gasteiger partial charge in [0.05, 0.1) is 13.2 Å². The summed E-state index contributed by atoms with van der Waals surface area (Å²) in [5.74, 6) is 1.45. The number of carbonyl (C=O) groups excluding carboxylic acids is 1. The second-order valence-corrected chi connectivity index (χ2v) is 4.42. The molecule has 0 aliphatic carbocycles. The average molecular weight is 274 g/mol. The van der Waals surface area contributed by atoms with Gasteiger partial charge in [0.15, 0.2) is 0 Å². The lowest BCUT2D eigenvalue weighted by Crippen LogP contribution is -2.27. The van der Waals surface area contributed by atoms with Crippen LogP contribution in [0.3, 0.4) is 0 Å². The first kappa shape index (κ1) is 14.0. The van der Waals surface area contributed by atoms with Crippen LogP contribution in [0.15, 0.2) is 30.6 Å². The van der Waals surface area contributed by atoms with Crippen molar-refractivity contribution >= 4 is 5.91 Å². The zero-order valence-corrected chi connectivity index (χ0v) is 11.9. The van der Waals surface area contributed by atoms with E-state index in [-0.39, 0.29) is 5.91 Å². The third-order valence-electron chi connectivity index (χ3n) is 2.94. The lowest BCUT2D eigenvalue weighted by atomic mass is 10.2. The molecule has 0 radical (unpaired) electrons. The predicted octanol–water partition coefficient (Wildman–Crippen LogP) is 1.49. The van der Waals surface area contributed by atoms with E-state index >= 15 is 0 Å². The van der Waals surface area contributed by atoms with Crippen molar-refractivity contribution in [1.82, 2.24) is 19.7 Å². The van der Waals surface area contributed by atoms with Crippen LogP contribution in [0.1, 0.15) is 23.1 Å². The van der Waals surface area contributed by atoms with Gasteiger partial charge in [0, 0.05) is 19.7 Å². The van der Waals surface area contributed by atoms with Crippen LogP contribution in [0.25, 0.3) is 0 Å². The minimum absolute atomic E-state index is 0.0592.